The fourth-order valence-corrected chi connectivity index (χ4v) is 4.45. The molecule has 0 atom stereocenters. The van der Waals surface area contributed by atoms with Crippen molar-refractivity contribution in [2.24, 2.45) is 0 Å². The van der Waals surface area contributed by atoms with Crippen LogP contribution < -0.4 is 5.32 Å². The van der Waals surface area contributed by atoms with E-state index in [4.69, 9.17) is 0 Å². The van der Waals surface area contributed by atoms with Crippen molar-refractivity contribution in [2.45, 2.75) is 32.2 Å². The van der Waals surface area contributed by atoms with Gasteiger partial charge in [-0.15, -0.1) is 11.3 Å². The maximum atomic E-state index is 12.5. The van der Waals surface area contributed by atoms with Crippen LogP contribution in [0.15, 0.2) is 60.0 Å². The molecule has 0 unspecified atom stereocenters. The highest BCUT2D eigenvalue weighted by Crippen LogP contribution is 2.16. The van der Waals surface area contributed by atoms with Crippen LogP contribution in [-0.4, -0.2) is 34.8 Å². The molecule has 0 bridgehead atoms. The van der Waals surface area contributed by atoms with Gasteiger partial charge in [-0.25, -0.2) is 4.98 Å². The van der Waals surface area contributed by atoms with Crippen LogP contribution in [0.2, 0.25) is 0 Å². The third-order valence-corrected chi connectivity index (χ3v) is 6.09. The van der Waals surface area contributed by atoms with Crippen LogP contribution in [0.25, 0.3) is 0 Å². The van der Waals surface area contributed by atoms with E-state index in [1.165, 1.54) is 5.56 Å². The molecule has 1 fully saturated rings. The third kappa shape index (κ3) is 5.33. The van der Waals surface area contributed by atoms with Crippen molar-refractivity contribution in [3.63, 3.8) is 0 Å². The predicted molar refractivity (Wildman–Crippen MR) is 118 cm³/mol. The number of rotatable bonds is 7. The van der Waals surface area contributed by atoms with Gasteiger partial charge in [-0.05, 0) is 36.1 Å². The zero-order valence-corrected chi connectivity index (χ0v) is 17.7. The van der Waals surface area contributed by atoms with E-state index in [2.05, 4.69) is 22.4 Å². The lowest BCUT2D eigenvalue weighted by Crippen LogP contribution is -2.28. The molecule has 0 radical (unpaired) electrons. The van der Waals surface area contributed by atoms with Crippen LogP contribution in [0.3, 0.4) is 0 Å². The highest BCUT2D eigenvalue weighted by atomic mass is 32.1. The Hall–Kier alpha value is -2.99. The van der Waals surface area contributed by atoms with E-state index in [1.807, 2.05) is 52.7 Å². The molecule has 1 saturated heterocycles. The Morgan fingerprint density at radius 2 is 1.77 bits per heavy atom. The maximum absolute atomic E-state index is 12.5. The minimum Gasteiger partial charge on any atom is -0.352 e. The number of carbonyl (C=O) groups is 2. The third-order valence-electron chi connectivity index (χ3n) is 5.20. The van der Waals surface area contributed by atoms with Crippen molar-refractivity contribution in [2.75, 3.05) is 13.1 Å². The van der Waals surface area contributed by atoms with Crippen LogP contribution in [-0.2, 0) is 24.2 Å². The molecular formula is C24H25N3O2S. The molecule has 1 aliphatic heterocycles. The first-order valence-corrected chi connectivity index (χ1v) is 11.2. The number of likely N-dealkylation sites (tertiary alicyclic amines) is 1. The molecule has 6 heteroatoms. The zero-order valence-electron chi connectivity index (χ0n) is 16.8. The molecule has 0 spiro atoms. The summed E-state index contributed by atoms with van der Waals surface area (Å²) in [5.74, 6) is 0.0110. The highest BCUT2D eigenvalue weighted by Gasteiger charge is 2.19. The smallest absolute Gasteiger partial charge is 0.253 e. The average Bonchev–Trinajstić information content (AvgIpc) is 3.45. The minimum atomic E-state index is -0.0668. The van der Waals surface area contributed by atoms with Crippen LogP contribution in [0.5, 0.6) is 0 Å². The average molecular weight is 420 g/mol. The second kappa shape index (κ2) is 9.67. The molecule has 2 aromatic carbocycles. The number of nitrogens with one attached hydrogen (secondary N) is 1. The zero-order chi connectivity index (χ0) is 20.8. The van der Waals surface area contributed by atoms with Gasteiger partial charge in [0.25, 0.3) is 5.91 Å². The minimum absolute atomic E-state index is 0.0668. The molecule has 2 heterocycles. The largest absolute Gasteiger partial charge is 0.352 e. The fraction of sp³-hybridized carbons (Fsp3) is 0.292. The molecule has 3 aromatic rings. The standard InChI is InChI=1S/C24H25N3O2S/c28-22(15-21-17-30-23(26-21)14-18-7-2-1-3-8-18)25-16-19-9-6-10-20(13-19)24(29)27-11-4-5-12-27/h1-3,6-10,13,17H,4-5,11-12,14-16H2,(H,25,28). The van der Waals surface area contributed by atoms with Gasteiger partial charge >= 0.3 is 0 Å². The second-order valence-corrected chi connectivity index (χ2v) is 8.49. The van der Waals surface area contributed by atoms with Crippen molar-refractivity contribution < 1.29 is 9.59 Å². The number of aromatic nitrogens is 1. The summed E-state index contributed by atoms with van der Waals surface area (Å²) < 4.78 is 0. The van der Waals surface area contributed by atoms with Gasteiger partial charge < -0.3 is 10.2 Å². The van der Waals surface area contributed by atoms with Crippen LogP contribution in [0.1, 0.15) is 45.0 Å². The molecule has 1 N–H and O–H groups in total. The van der Waals surface area contributed by atoms with E-state index < -0.39 is 0 Å². The summed E-state index contributed by atoms with van der Waals surface area (Å²) in [7, 11) is 0. The van der Waals surface area contributed by atoms with Gasteiger partial charge in [-0.1, -0.05) is 42.5 Å². The summed E-state index contributed by atoms with van der Waals surface area (Å²) in [5, 5.41) is 5.91. The van der Waals surface area contributed by atoms with Crippen molar-refractivity contribution >= 4 is 23.2 Å². The van der Waals surface area contributed by atoms with E-state index in [9.17, 15) is 9.59 Å². The van der Waals surface area contributed by atoms with E-state index in [0.29, 0.717) is 12.1 Å². The number of hydrogen-bond donors (Lipinski definition) is 1. The number of nitrogens with zero attached hydrogens (tertiary/aromatic N) is 2. The first kappa shape index (κ1) is 20.3. The van der Waals surface area contributed by atoms with Crippen molar-refractivity contribution in [3.05, 3.63) is 87.4 Å². The van der Waals surface area contributed by atoms with Crippen LogP contribution in [0, 0.1) is 0 Å². The number of carbonyl (C=O) groups excluding carboxylic acids is 2. The van der Waals surface area contributed by atoms with Crippen molar-refractivity contribution in [1.29, 1.82) is 0 Å². The number of hydrogen-bond acceptors (Lipinski definition) is 4. The lowest BCUT2D eigenvalue weighted by Gasteiger charge is -2.15. The summed E-state index contributed by atoms with van der Waals surface area (Å²) in [6, 6.07) is 17.7. The monoisotopic (exact) mass is 419 g/mol. The van der Waals surface area contributed by atoms with Gasteiger partial charge in [0.15, 0.2) is 0 Å². The highest BCUT2D eigenvalue weighted by molar-refractivity contribution is 7.09. The van der Waals surface area contributed by atoms with E-state index in [-0.39, 0.29) is 18.2 Å². The second-order valence-electron chi connectivity index (χ2n) is 7.55. The quantitative estimate of drug-likeness (QED) is 0.633. The van der Waals surface area contributed by atoms with E-state index in [0.717, 1.165) is 48.6 Å². The molecule has 1 aromatic heterocycles. The molecule has 0 aliphatic carbocycles. The normalized spacial score (nSPS) is 13.4. The van der Waals surface area contributed by atoms with E-state index in [1.54, 1.807) is 11.3 Å². The van der Waals surface area contributed by atoms with Gasteiger partial charge in [-0.3, -0.25) is 9.59 Å². The number of thiazole rings is 1. The fourth-order valence-electron chi connectivity index (χ4n) is 3.63. The Kier molecular flexibility index (Phi) is 6.54. The molecule has 5 nitrogen and oxygen atoms in total. The number of benzene rings is 2. The Morgan fingerprint density at radius 1 is 1.00 bits per heavy atom. The summed E-state index contributed by atoms with van der Waals surface area (Å²) in [6.45, 7) is 2.07. The van der Waals surface area contributed by atoms with Gasteiger partial charge in [0, 0.05) is 37.0 Å². The van der Waals surface area contributed by atoms with Crippen LogP contribution in [0.4, 0.5) is 0 Å². The molecular weight excluding hydrogens is 394 g/mol. The number of amides is 2. The molecule has 4 rings (SSSR count). The van der Waals surface area contributed by atoms with Gasteiger partial charge in [0.2, 0.25) is 5.91 Å². The molecule has 0 saturated carbocycles. The molecule has 1 aliphatic rings. The lowest BCUT2D eigenvalue weighted by molar-refractivity contribution is -0.120. The van der Waals surface area contributed by atoms with E-state index >= 15 is 0 Å². The first-order valence-electron chi connectivity index (χ1n) is 10.3. The SMILES string of the molecule is O=C(Cc1csc(Cc2ccccc2)n1)NCc1cccc(C(=O)N2CCCC2)c1. The summed E-state index contributed by atoms with van der Waals surface area (Å²) in [5.41, 5.74) is 3.62. The Labute approximate surface area is 180 Å². The molecule has 30 heavy (non-hydrogen) atoms. The molecule has 2 amide bonds. The lowest BCUT2D eigenvalue weighted by atomic mass is 10.1. The molecule has 154 valence electrons. The summed E-state index contributed by atoms with van der Waals surface area (Å²) in [4.78, 5) is 31.4. The van der Waals surface area contributed by atoms with Crippen molar-refractivity contribution in [1.82, 2.24) is 15.2 Å². The summed E-state index contributed by atoms with van der Waals surface area (Å²) >= 11 is 1.58. The predicted octanol–water partition coefficient (Wildman–Crippen LogP) is 3.83. The first-order chi connectivity index (χ1) is 14.7. The van der Waals surface area contributed by atoms with Gasteiger partial charge in [-0.2, -0.15) is 0 Å². The van der Waals surface area contributed by atoms with Crippen molar-refractivity contribution in [3.8, 4) is 0 Å². The van der Waals surface area contributed by atoms with Gasteiger partial charge in [0.05, 0.1) is 17.1 Å². The Balaban J connectivity index is 1.29. The summed E-state index contributed by atoms with van der Waals surface area (Å²) in [6.07, 6.45) is 3.19. The Bertz CT molecular complexity index is 1010. The Morgan fingerprint density at radius 3 is 2.57 bits per heavy atom. The topological polar surface area (TPSA) is 62.3 Å². The maximum Gasteiger partial charge on any atom is 0.253 e. The van der Waals surface area contributed by atoms with Crippen LogP contribution >= 0.6 is 11.3 Å². The van der Waals surface area contributed by atoms with Gasteiger partial charge in [0.1, 0.15) is 0 Å².